The van der Waals surface area contributed by atoms with Gasteiger partial charge >= 0.3 is 5.97 Å². The third kappa shape index (κ3) is 4.25. The van der Waals surface area contributed by atoms with E-state index in [1.54, 1.807) is 0 Å². The molecule has 1 aliphatic rings. The van der Waals surface area contributed by atoms with Crippen LogP contribution in [0, 0.1) is 11.8 Å². The van der Waals surface area contributed by atoms with Crippen molar-refractivity contribution in [2.75, 3.05) is 6.61 Å². The second-order valence-corrected chi connectivity index (χ2v) is 5.21. The van der Waals surface area contributed by atoms with E-state index in [9.17, 15) is 19.2 Å². The number of hydrogen-bond donors (Lipinski definition) is 0. The topological polar surface area (TPSA) is 77.5 Å². The van der Waals surface area contributed by atoms with Gasteiger partial charge in [-0.1, -0.05) is 20.3 Å². The van der Waals surface area contributed by atoms with Crippen LogP contribution < -0.4 is 0 Å². The number of ketones is 3. The van der Waals surface area contributed by atoms with Gasteiger partial charge < -0.3 is 4.74 Å². The minimum Gasteiger partial charge on any atom is -0.465 e. The van der Waals surface area contributed by atoms with Crippen LogP contribution >= 0.6 is 0 Å². The van der Waals surface area contributed by atoms with Crippen LogP contribution in [0.1, 0.15) is 52.4 Å². The molecule has 0 aliphatic heterocycles. The Morgan fingerprint density at radius 3 is 2.20 bits per heavy atom. The van der Waals surface area contributed by atoms with Crippen LogP contribution in [0.4, 0.5) is 0 Å². The van der Waals surface area contributed by atoms with E-state index in [1.165, 1.54) is 0 Å². The van der Waals surface area contributed by atoms with Gasteiger partial charge in [0.05, 0.1) is 12.5 Å². The van der Waals surface area contributed by atoms with Crippen molar-refractivity contribution in [3.05, 3.63) is 0 Å². The highest BCUT2D eigenvalue weighted by molar-refractivity contribution is 6.21. The van der Waals surface area contributed by atoms with Crippen LogP contribution in [0.25, 0.3) is 0 Å². The molecule has 20 heavy (non-hydrogen) atoms. The summed E-state index contributed by atoms with van der Waals surface area (Å²) in [4.78, 5) is 47.3. The summed E-state index contributed by atoms with van der Waals surface area (Å²) in [6.07, 6.45) is 2.39. The third-order valence-electron chi connectivity index (χ3n) is 3.43. The molecule has 1 aliphatic carbocycles. The van der Waals surface area contributed by atoms with Crippen molar-refractivity contribution in [1.82, 2.24) is 0 Å². The fourth-order valence-electron chi connectivity index (χ4n) is 2.32. The molecule has 0 unspecified atom stereocenters. The monoisotopic (exact) mass is 282 g/mol. The lowest BCUT2D eigenvalue weighted by molar-refractivity contribution is -0.156. The largest absolute Gasteiger partial charge is 0.465 e. The highest BCUT2D eigenvalue weighted by Gasteiger charge is 2.42. The zero-order chi connectivity index (χ0) is 15.1. The zero-order valence-corrected chi connectivity index (χ0v) is 12.1. The Bertz CT molecular complexity index is 381. The fourth-order valence-corrected chi connectivity index (χ4v) is 2.32. The maximum Gasteiger partial charge on any atom is 0.309 e. The molecule has 0 N–H and O–H groups in total. The normalized spacial score (nSPS) is 22.7. The summed E-state index contributed by atoms with van der Waals surface area (Å²) in [5.74, 6) is -3.54. The number of unbranched alkanes of at least 4 members (excludes halogenated alkanes) is 1. The molecule has 1 fully saturated rings. The smallest absolute Gasteiger partial charge is 0.309 e. The highest BCUT2D eigenvalue weighted by atomic mass is 16.5. The van der Waals surface area contributed by atoms with Crippen LogP contribution in [0.5, 0.6) is 0 Å². The van der Waals surface area contributed by atoms with Crippen molar-refractivity contribution < 1.29 is 23.9 Å². The molecule has 0 amide bonds. The van der Waals surface area contributed by atoms with Gasteiger partial charge in [0.1, 0.15) is 5.92 Å². The van der Waals surface area contributed by atoms with Crippen molar-refractivity contribution in [2.45, 2.75) is 52.4 Å². The molecule has 1 rings (SSSR count). The molecule has 0 aromatic heterocycles. The molecule has 0 saturated heterocycles. The molecular formula is C15H22O5. The van der Waals surface area contributed by atoms with E-state index in [4.69, 9.17) is 4.74 Å². The molecule has 0 bridgehead atoms. The van der Waals surface area contributed by atoms with E-state index < -0.39 is 29.4 Å². The number of carbonyl (C=O) groups excluding carboxylic acids is 4. The fraction of sp³-hybridized carbons (Fsp3) is 0.733. The first kappa shape index (κ1) is 16.5. The van der Waals surface area contributed by atoms with Crippen molar-refractivity contribution in [1.29, 1.82) is 0 Å². The van der Waals surface area contributed by atoms with Gasteiger partial charge in [-0.2, -0.15) is 0 Å². The molecule has 1 saturated carbocycles. The third-order valence-corrected chi connectivity index (χ3v) is 3.43. The average Bonchev–Trinajstić information content (AvgIpc) is 2.38. The van der Waals surface area contributed by atoms with Gasteiger partial charge in [0.2, 0.25) is 0 Å². The predicted molar refractivity (Wildman–Crippen MR) is 72.0 cm³/mol. The van der Waals surface area contributed by atoms with Gasteiger partial charge in [-0.05, 0) is 12.8 Å². The maximum absolute atomic E-state index is 11.9. The summed E-state index contributed by atoms with van der Waals surface area (Å²) in [7, 11) is 0. The summed E-state index contributed by atoms with van der Waals surface area (Å²) >= 11 is 0. The van der Waals surface area contributed by atoms with Crippen LogP contribution in [0.15, 0.2) is 0 Å². The summed E-state index contributed by atoms with van der Waals surface area (Å²) in [5.41, 5.74) is 0. The van der Waals surface area contributed by atoms with Crippen LogP contribution in [-0.2, 0) is 23.9 Å². The van der Waals surface area contributed by atoms with E-state index in [-0.39, 0.29) is 25.0 Å². The van der Waals surface area contributed by atoms with E-state index in [1.807, 2.05) is 13.8 Å². The molecular weight excluding hydrogens is 260 g/mol. The van der Waals surface area contributed by atoms with Gasteiger partial charge in [-0.15, -0.1) is 0 Å². The van der Waals surface area contributed by atoms with E-state index >= 15 is 0 Å². The quantitative estimate of drug-likeness (QED) is 0.404. The molecule has 0 heterocycles. The number of esters is 1. The van der Waals surface area contributed by atoms with Gasteiger partial charge in [-0.25, -0.2) is 0 Å². The second-order valence-electron chi connectivity index (χ2n) is 5.21. The Labute approximate surface area is 119 Å². The predicted octanol–water partition coefficient (Wildman–Crippen LogP) is 1.86. The van der Waals surface area contributed by atoms with Crippen molar-refractivity contribution in [2.24, 2.45) is 11.8 Å². The number of Topliss-reactive ketones (excluding diaryl/α,β-unsaturated/α-hetero) is 3. The average molecular weight is 282 g/mol. The molecule has 5 nitrogen and oxygen atoms in total. The minimum atomic E-state index is -1.14. The van der Waals surface area contributed by atoms with Crippen molar-refractivity contribution >= 4 is 23.3 Å². The minimum absolute atomic E-state index is 0.0587. The summed E-state index contributed by atoms with van der Waals surface area (Å²) in [6.45, 7) is 4.11. The summed E-state index contributed by atoms with van der Waals surface area (Å²) in [5, 5.41) is 0. The van der Waals surface area contributed by atoms with E-state index in [2.05, 4.69) is 0 Å². The van der Waals surface area contributed by atoms with Gasteiger partial charge in [0.15, 0.2) is 17.3 Å². The van der Waals surface area contributed by atoms with Crippen molar-refractivity contribution in [3.63, 3.8) is 0 Å². The Hall–Kier alpha value is -1.52. The molecule has 112 valence electrons. The summed E-state index contributed by atoms with van der Waals surface area (Å²) in [6, 6.07) is 0. The molecule has 0 aromatic rings. The van der Waals surface area contributed by atoms with Gasteiger partial charge in [0, 0.05) is 19.3 Å². The standard InChI is InChI=1S/C15H22O5/c1-3-5-7-20-15(19)10-8-12(17)14(13(18)9-10)11(16)6-4-2/h10,14H,3-9H2,1-2H3. The SMILES string of the molecule is CCCCOC(=O)C1CC(=O)C(C(=O)CCC)C(=O)C1. The lowest BCUT2D eigenvalue weighted by Crippen LogP contribution is -2.41. The molecule has 0 atom stereocenters. The number of carbonyl (C=O) groups is 4. The first-order valence-corrected chi connectivity index (χ1v) is 7.26. The van der Waals surface area contributed by atoms with Crippen LogP contribution in [-0.4, -0.2) is 29.9 Å². The molecule has 0 spiro atoms. The van der Waals surface area contributed by atoms with Gasteiger partial charge in [-0.3, -0.25) is 19.2 Å². The highest BCUT2D eigenvalue weighted by Crippen LogP contribution is 2.26. The number of hydrogen-bond acceptors (Lipinski definition) is 5. The van der Waals surface area contributed by atoms with Gasteiger partial charge in [0.25, 0.3) is 0 Å². The van der Waals surface area contributed by atoms with Crippen LogP contribution in [0.2, 0.25) is 0 Å². The number of rotatable bonds is 7. The Morgan fingerprint density at radius 1 is 1.10 bits per heavy atom. The Balaban J connectivity index is 2.59. The zero-order valence-electron chi connectivity index (χ0n) is 12.1. The maximum atomic E-state index is 11.9. The second kappa shape index (κ2) is 7.92. The Morgan fingerprint density at radius 2 is 1.70 bits per heavy atom. The number of ether oxygens (including phenoxy) is 1. The lowest BCUT2D eigenvalue weighted by Gasteiger charge is -2.24. The first-order valence-electron chi connectivity index (χ1n) is 7.26. The molecule has 5 heteroatoms. The van der Waals surface area contributed by atoms with E-state index in [0.29, 0.717) is 13.0 Å². The van der Waals surface area contributed by atoms with E-state index in [0.717, 1.165) is 12.8 Å². The van der Waals surface area contributed by atoms with Crippen LogP contribution in [0.3, 0.4) is 0 Å². The lowest BCUT2D eigenvalue weighted by atomic mass is 9.77. The first-order chi connectivity index (χ1) is 9.51. The molecule has 0 radical (unpaired) electrons. The van der Waals surface area contributed by atoms with Crippen molar-refractivity contribution in [3.8, 4) is 0 Å². The summed E-state index contributed by atoms with van der Waals surface area (Å²) < 4.78 is 5.03. The molecule has 0 aromatic carbocycles. The Kier molecular flexibility index (Phi) is 6.55.